The smallest absolute Gasteiger partial charge is 0.261 e. The number of carbonyl (C=O) groups is 1. The summed E-state index contributed by atoms with van der Waals surface area (Å²) in [6.07, 6.45) is 0. The minimum absolute atomic E-state index is 0. The molecule has 0 radical (unpaired) electrons. The lowest BCUT2D eigenvalue weighted by Gasteiger charge is -2.19. The third kappa shape index (κ3) is 5.69. The van der Waals surface area contributed by atoms with Crippen LogP contribution < -0.4 is 10.0 Å². The number of likely N-dealkylation sites (N-methyl/N-ethyl adjacent to an activating group) is 2. The van der Waals surface area contributed by atoms with Crippen molar-refractivity contribution in [3.63, 3.8) is 0 Å². The Kier molecular flexibility index (Phi) is 8.27. The average Bonchev–Trinajstić information content (AvgIpc) is 2.61. The fraction of sp³-hybridized carbons (Fsp3) is 0.316. The zero-order valence-electron chi connectivity index (χ0n) is 15.9. The molecular weight excluding hydrogens is 386 g/mol. The van der Waals surface area contributed by atoms with Crippen LogP contribution >= 0.6 is 12.4 Å². The van der Waals surface area contributed by atoms with Gasteiger partial charge in [-0.3, -0.25) is 9.52 Å². The Morgan fingerprint density at radius 2 is 1.74 bits per heavy atom. The van der Waals surface area contributed by atoms with Gasteiger partial charge in [-0.1, -0.05) is 24.3 Å². The van der Waals surface area contributed by atoms with Crippen LogP contribution in [-0.2, 0) is 10.0 Å². The molecule has 0 aliphatic rings. The Bertz CT molecular complexity index is 901. The average molecular weight is 412 g/mol. The lowest BCUT2D eigenvalue weighted by Crippen LogP contribution is -2.33. The molecule has 8 heteroatoms. The van der Waals surface area contributed by atoms with Crippen molar-refractivity contribution in [2.45, 2.75) is 18.7 Å². The number of aryl methyl sites for hydroxylation is 2. The van der Waals surface area contributed by atoms with Gasteiger partial charge in [0.15, 0.2) is 0 Å². The van der Waals surface area contributed by atoms with Crippen molar-refractivity contribution in [3.05, 3.63) is 59.2 Å². The number of hydrogen-bond donors (Lipinski definition) is 2. The van der Waals surface area contributed by atoms with Crippen molar-refractivity contribution in [2.24, 2.45) is 0 Å². The molecule has 27 heavy (non-hydrogen) atoms. The number of amides is 1. The van der Waals surface area contributed by atoms with E-state index in [4.69, 9.17) is 0 Å². The highest BCUT2D eigenvalue weighted by molar-refractivity contribution is 7.92. The maximum absolute atomic E-state index is 12.7. The molecule has 0 heterocycles. The number of para-hydroxylation sites is 1. The van der Waals surface area contributed by atoms with Gasteiger partial charge in [0.05, 0.1) is 10.6 Å². The fourth-order valence-corrected chi connectivity index (χ4v) is 3.63. The summed E-state index contributed by atoms with van der Waals surface area (Å²) in [5, 5.41) is 2.99. The fourth-order valence-electron chi connectivity index (χ4n) is 2.48. The molecule has 2 aromatic carbocycles. The van der Waals surface area contributed by atoms with Crippen molar-refractivity contribution < 1.29 is 13.2 Å². The number of sulfonamides is 1. The van der Waals surface area contributed by atoms with E-state index in [0.717, 1.165) is 11.1 Å². The lowest BCUT2D eigenvalue weighted by molar-refractivity contribution is 0.0796. The standard InChI is InChI=1S/C19H25N3O3S.ClH/c1-14-9-10-16(13-17(14)19(23)22(4)12-11-20-3)26(24,25)21-18-8-6-5-7-15(18)2;/h5-10,13,20-21H,11-12H2,1-4H3;1H. The van der Waals surface area contributed by atoms with Gasteiger partial charge in [-0.05, 0) is 50.2 Å². The lowest BCUT2D eigenvalue weighted by atomic mass is 10.1. The topological polar surface area (TPSA) is 78.5 Å². The molecule has 6 nitrogen and oxygen atoms in total. The van der Waals surface area contributed by atoms with Crippen LogP contribution in [0.3, 0.4) is 0 Å². The van der Waals surface area contributed by atoms with Gasteiger partial charge in [-0.25, -0.2) is 8.42 Å². The molecule has 0 saturated heterocycles. The van der Waals surface area contributed by atoms with E-state index in [1.807, 2.05) is 26.1 Å². The van der Waals surface area contributed by atoms with Crippen LogP contribution in [0.25, 0.3) is 0 Å². The molecule has 0 aliphatic heterocycles. The minimum atomic E-state index is -3.78. The Morgan fingerprint density at radius 3 is 2.37 bits per heavy atom. The Hall–Kier alpha value is -2.09. The van der Waals surface area contributed by atoms with Gasteiger partial charge >= 0.3 is 0 Å². The Morgan fingerprint density at radius 1 is 1.07 bits per heavy atom. The molecule has 0 spiro atoms. The van der Waals surface area contributed by atoms with Crippen molar-refractivity contribution in [1.29, 1.82) is 0 Å². The quantitative estimate of drug-likeness (QED) is 0.734. The first-order chi connectivity index (χ1) is 12.3. The van der Waals surface area contributed by atoms with Crippen molar-refractivity contribution in [3.8, 4) is 0 Å². The minimum Gasteiger partial charge on any atom is -0.340 e. The molecule has 1 amide bonds. The molecule has 2 rings (SSSR count). The highest BCUT2D eigenvalue weighted by Gasteiger charge is 2.20. The van der Waals surface area contributed by atoms with E-state index in [1.54, 1.807) is 37.1 Å². The summed E-state index contributed by atoms with van der Waals surface area (Å²) in [5.74, 6) is -0.203. The zero-order chi connectivity index (χ0) is 19.3. The number of nitrogens with zero attached hydrogens (tertiary/aromatic N) is 1. The summed E-state index contributed by atoms with van der Waals surface area (Å²) in [4.78, 5) is 14.3. The van der Waals surface area contributed by atoms with E-state index in [2.05, 4.69) is 10.0 Å². The van der Waals surface area contributed by atoms with Gasteiger partial charge in [0.25, 0.3) is 15.9 Å². The van der Waals surface area contributed by atoms with Crippen LogP contribution in [-0.4, -0.2) is 46.4 Å². The highest BCUT2D eigenvalue weighted by atomic mass is 35.5. The van der Waals surface area contributed by atoms with Crippen LogP contribution in [0.4, 0.5) is 5.69 Å². The third-order valence-corrected chi connectivity index (χ3v) is 5.55. The van der Waals surface area contributed by atoms with Gasteiger partial charge in [0.2, 0.25) is 0 Å². The second-order valence-electron chi connectivity index (χ2n) is 6.23. The summed E-state index contributed by atoms with van der Waals surface area (Å²) in [5.41, 5.74) is 2.47. The SMILES string of the molecule is CNCCN(C)C(=O)c1cc(S(=O)(=O)Nc2ccccc2C)ccc1C.Cl. The van der Waals surface area contributed by atoms with Gasteiger partial charge in [-0.15, -0.1) is 12.4 Å². The molecular formula is C19H26ClN3O3S. The van der Waals surface area contributed by atoms with E-state index in [-0.39, 0.29) is 23.2 Å². The molecule has 0 atom stereocenters. The molecule has 0 aromatic heterocycles. The molecule has 0 bridgehead atoms. The van der Waals surface area contributed by atoms with Crippen LogP contribution in [0.2, 0.25) is 0 Å². The van der Waals surface area contributed by atoms with Gasteiger partial charge in [-0.2, -0.15) is 0 Å². The number of anilines is 1. The third-order valence-electron chi connectivity index (χ3n) is 4.18. The van der Waals surface area contributed by atoms with Crippen LogP contribution in [0.15, 0.2) is 47.4 Å². The maximum atomic E-state index is 12.7. The van der Waals surface area contributed by atoms with E-state index in [1.165, 1.54) is 12.1 Å². The summed E-state index contributed by atoms with van der Waals surface area (Å²) in [6, 6.07) is 11.8. The number of carbonyl (C=O) groups excluding carboxylic acids is 1. The van der Waals surface area contributed by atoms with Gasteiger partial charge < -0.3 is 10.2 Å². The van der Waals surface area contributed by atoms with Crippen LogP contribution in [0.1, 0.15) is 21.5 Å². The number of benzene rings is 2. The number of rotatable bonds is 7. The summed E-state index contributed by atoms with van der Waals surface area (Å²) in [6.45, 7) is 4.82. The normalized spacial score (nSPS) is 10.8. The monoisotopic (exact) mass is 411 g/mol. The van der Waals surface area contributed by atoms with Gasteiger partial charge in [0, 0.05) is 25.7 Å². The molecule has 0 fully saturated rings. The van der Waals surface area contributed by atoms with Crippen molar-refractivity contribution >= 4 is 34.0 Å². The van der Waals surface area contributed by atoms with E-state index >= 15 is 0 Å². The van der Waals surface area contributed by atoms with E-state index in [0.29, 0.717) is 24.3 Å². The van der Waals surface area contributed by atoms with Gasteiger partial charge in [0.1, 0.15) is 0 Å². The first-order valence-corrected chi connectivity index (χ1v) is 9.83. The van der Waals surface area contributed by atoms with Crippen LogP contribution in [0, 0.1) is 13.8 Å². The van der Waals surface area contributed by atoms with Crippen LogP contribution in [0.5, 0.6) is 0 Å². The highest BCUT2D eigenvalue weighted by Crippen LogP contribution is 2.22. The largest absolute Gasteiger partial charge is 0.340 e. The summed E-state index contributed by atoms with van der Waals surface area (Å²) in [7, 11) is -0.271. The molecule has 2 aromatic rings. The number of hydrogen-bond acceptors (Lipinski definition) is 4. The van der Waals surface area contributed by atoms with E-state index < -0.39 is 10.0 Å². The molecule has 2 N–H and O–H groups in total. The molecule has 0 saturated carbocycles. The molecule has 0 unspecified atom stereocenters. The number of nitrogens with one attached hydrogen (secondary N) is 2. The second-order valence-corrected chi connectivity index (χ2v) is 7.91. The Labute approximate surface area is 167 Å². The first kappa shape index (κ1) is 23.0. The zero-order valence-corrected chi connectivity index (χ0v) is 17.6. The number of halogens is 1. The van der Waals surface area contributed by atoms with Crippen molar-refractivity contribution in [2.75, 3.05) is 31.9 Å². The predicted molar refractivity (Wildman–Crippen MR) is 111 cm³/mol. The maximum Gasteiger partial charge on any atom is 0.261 e. The first-order valence-electron chi connectivity index (χ1n) is 8.35. The summed E-state index contributed by atoms with van der Waals surface area (Å²) < 4.78 is 28.1. The van der Waals surface area contributed by atoms with E-state index in [9.17, 15) is 13.2 Å². The molecule has 0 aliphatic carbocycles. The van der Waals surface area contributed by atoms with Crippen molar-refractivity contribution in [1.82, 2.24) is 10.2 Å². The second kappa shape index (κ2) is 9.73. The Balaban J connectivity index is 0.00000364. The summed E-state index contributed by atoms with van der Waals surface area (Å²) >= 11 is 0. The predicted octanol–water partition coefficient (Wildman–Crippen LogP) is 2.82. The molecule has 148 valence electrons.